The number of nitrogens with zero attached hydrogens (tertiary/aromatic N) is 1. The second-order valence-corrected chi connectivity index (χ2v) is 9.96. The summed E-state index contributed by atoms with van der Waals surface area (Å²) in [5.41, 5.74) is 3.24. The summed E-state index contributed by atoms with van der Waals surface area (Å²) in [7, 11) is -1.83. The number of hydrogen-bond donors (Lipinski definition) is 1. The quantitative estimate of drug-likeness (QED) is 0.758. The Morgan fingerprint density at radius 1 is 1.13 bits per heavy atom. The molecule has 2 heterocycles. The predicted molar refractivity (Wildman–Crippen MR) is 115 cm³/mol. The molecule has 2 aromatic rings. The van der Waals surface area contributed by atoms with Crippen LogP contribution in [0.25, 0.3) is 0 Å². The third kappa shape index (κ3) is 3.31. The molecule has 2 aromatic carbocycles. The topological polar surface area (TPSA) is 67.9 Å². The monoisotopic (exact) mass is 426 g/mol. The van der Waals surface area contributed by atoms with Gasteiger partial charge in [-0.3, -0.25) is 0 Å². The van der Waals surface area contributed by atoms with E-state index >= 15 is 0 Å². The summed E-state index contributed by atoms with van der Waals surface area (Å²) in [6, 6.07) is 13.8. The van der Waals surface area contributed by atoms with Gasteiger partial charge in [0.15, 0.2) is 0 Å². The van der Waals surface area contributed by atoms with Crippen molar-refractivity contribution in [2.45, 2.75) is 23.3 Å². The molecule has 3 unspecified atom stereocenters. The maximum absolute atomic E-state index is 13.1. The van der Waals surface area contributed by atoms with Crippen molar-refractivity contribution in [1.29, 1.82) is 0 Å². The number of benzene rings is 2. The average Bonchev–Trinajstić information content (AvgIpc) is 3.29. The van der Waals surface area contributed by atoms with Gasteiger partial charge in [0.1, 0.15) is 5.75 Å². The zero-order chi connectivity index (χ0) is 20.7. The molecule has 0 radical (unpaired) electrons. The first kappa shape index (κ1) is 19.6. The molecule has 0 amide bonds. The lowest BCUT2D eigenvalue weighted by Gasteiger charge is -2.38. The summed E-state index contributed by atoms with van der Waals surface area (Å²) < 4.78 is 38.5. The Morgan fingerprint density at radius 2 is 1.97 bits per heavy atom. The summed E-state index contributed by atoms with van der Waals surface area (Å²) in [5.74, 6) is 1.37. The van der Waals surface area contributed by atoms with Crippen molar-refractivity contribution in [2.75, 3.05) is 38.7 Å². The normalized spacial score (nSPS) is 26.0. The molecular weight excluding hydrogens is 400 g/mol. The third-order valence-electron chi connectivity index (χ3n) is 6.39. The van der Waals surface area contributed by atoms with E-state index in [2.05, 4.69) is 29.6 Å². The van der Waals surface area contributed by atoms with Gasteiger partial charge in [-0.05, 0) is 53.8 Å². The maximum Gasteiger partial charge on any atom is 0.243 e. The molecule has 7 heteroatoms. The molecule has 5 rings (SSSR count). The number of morpholine rings is 1. The molecule has 1 N–H and O–H groups in total. The van der Waals surface area contributed by atoms with E-state index in [1.807, 2.05) is 24.3 Å². The van der Waals surface area contributed by atoms with Crippen LogP contribution in [0, 0.1) is 5.92 Å². The number of sulfonamides is 1. The first-order chi connectivity index (χ1) is 14.6. The lowest BCUT2D eigenvalue weighted by Crippen LogP contribution is -2.40. The number of hydrogen-bond acceptors (Lipinski definition) is 5. The first-order valence-electron chi connectivity index (χ1n) is 10.4. The van der Waals surface area contributed by atoms with E-state index in [9.17, 15) is 8.42 Å². The summed E-state index contributed by atoms with van der Waals surface area (Å²) in [6.45, 7) is 1.70. The van der Waals surface area contributed by atoms with Crippen molar-refractivity contribution in [3.05, 3.63) is 65.7 Å². The Morgan fingerprint density at radius 3 is 2.77 bits per heavy atom. The molecule has 0 spiro atoms. The zero-order valence-electron chi connectivity index (χ0n) is 17.0. The summed E-state index contributed by atoms with van der Waals surface area (Å²) in [6.07, 6.45) is 5.39. The average molecular weight is 427 g/mol. The van der Waals surface area contributed by atoms with Crippen molar-refractivity contribution in [3.63, 3.8) is 0 Å². The largest absolute Gasteiger partial charge is 0.497 e. The van der Waals surface area contributed by atoms with Gasteiger partial charge in [0.25, 0.3) is 0 Å². The Balaban J connectivity index is 1.51. The fourth-order valence-corrected chi connectivity index (χ4v) is 6.28. The van der Waals surface area contributed by atoms with Crippen molar-refractivity contribution in [2.24, 2.45) is 5.92 Å². The Hall–Kier alpha value is -2.35. The van der Waals surface area contributed by atoms with E-state index < -0.39 is 10.0 Å². The number of rotatable bonds is 4. The summed E-state index contributed by atoms with van der Waals surface area (Å²) in [4.78, 5) is 0.365. The highest BCUT2D eigenvalue weighted by Crippen LogP contribution is 2.50. The van der Waals surface area contributed by atoms with Crippen LogP contribution in [0.15, 0.2) is 59.5 Å². The van der Waals surface area contributed by atoms with Gasteiger partial charge in [-0.2, -0.15) is 4.31 Å². The van der Waals surface area contributed by atoms with Gasteiger partial charge in [0.2, 0.25) is 10.0 Å². The second kappa shape index (κ2) is 7.72. The van der Waals surface area contributed by atoms with Gasteiger partial charge in [-0.25, -0.2) is 8.42 Å². The van der Waals surface area contributed by atoms with Crippen LogP contribution in [0.3, 0.4) is 0 Å². The van der Waals surface area contributed by atoms with Crippen molar-refractivity contribution in [1.82, 2.24) is 4.31 Å². The number of fused-ring (bicyclic) bond motifs is 3. The van der Waals surface area contributed by atoms with Gasteiger partial charge in [0.05, 0.1) is 31.3 Å². The molecule has 6 nitrogen and oxygen atoms in total. The molecular formula is C23H26N2O4S. The smallest absolute Gasteiger partial charge is 0.243 e. The maximum atomic E-state index is 13.1. The fourth-order valence-electron chi connectivity index (χ4n) is 4.83. The first-order valence-corrected chi connectivity index (χ1v) is 11.8. The van der Waals surface area contributed by atoms with E-state index in [1.165, 1.54) is 9.87 Å². The molecule has 1 saturated heterocycles. The van der Waals surface area contributed by atoms with Gasteiger partial charge < -0.3 is 14.8 Å². The van der Waals surface area contributed by atoms with Crippen LogP contribution in [-0.4, -0.2) is 46.1 Å². The van der Waals surface area contributed by atoms with Crippen molar-refractivity contribution in [3.8, 4) is 5.75 Å². The summed E-state index contributed by atoms with van der Waals surface area (Å²) in [5, 5.41) is 3.67. The Bertz CT molecular complexity index is 1080. The lowest BCUT2D eigenvalue weighted by atomic mass is 9.77. The molecule has 158 valence electrons. The number of anilines is 1. The van der Waals surface area contributed by atoms with Crippen LogP contribution in [0.5, 0.6) is 5.75 Å². The van der Waals surface area contributed by atoms with Crippen LogP contribution >= 0.6 is 0 Å². The van der Waals surface area contributed by atoms with Crippen LogP contribution in [0.1, 0.15) is 29.5 Å². The second-order valence-electron chi connectivity index (χ2n) is 8.02. The van der Waals surface area contributed by atoms with E-state index in [1.54, 1.807) is 13.2 Å². The van der Waals surface area contributed by atoms with Crippen LogP contribution in [-0.2, 0) is 14.8 Å². The van der Waals surface area contributed by atoms with Crippen molar-refractivity contribution < 1.29 is 17.9 Å². The Labute approximate surface area is 177 Å². The highest BCUT2D eigenvalue weighted by atomic mass is 32.2. The minimum absolute atomic E-state index is 0.148. The SMILES string of the molecule is COc1cccc(C2Nc3ccc(S(=O)(=O)N4CCOCC4)cc3C3C=CCC32)c1. The molecule has 1 aliphatic carbocycles. The number of allylic oxidation sites excluding steroid dienone is 2. The third-order valence-corrected chi connectivity index (χ3v) is 8.29. The molecule has 3 atom stereocenters. The Kier molecular flexibility index (Phi) is 5.05. The van der Waals surface area contributed by atoms with Crippen molar-refractivity contribution >= 4 is 15.7 Å². The molecule has 0 bridgehead atoms. The molecule has 30 heavy (non-hydrogen) atoms. The van der Waals surface area contributed by atoms with Crippen LogP contribution in [0.2, 0.25) is 0 Å². The molecule has 0 aromatic heterocycles. The minimum atomic E-state index is -3.51. The van der Waals surface area contributed by atoms with Gasteiger partial charge >= 0.3 is 0 Å². The molecule has 1 fully saturated rings. The number of nitrogens with one attached hydrogen (secondary N) is 1. The van der Waals surface area contributed by atoms with E-state index in [4.69, 9.17) is 9.47 Å². The predicted octanol–water partition coefficient (Wildman–Crippen LogP) is 3.54. The van der Waals surface area contributed by atoms with Gasteiger partial charge in [-0.1, -0.05) is 24.3 Å². The van der Waals surface area contributed by atoms with E-state index in [0.717, 1.165) is 23.4 Å². The lowest BCUT2D eigenvalue weighted by molar-refractivity contribution is 0.0730. The highest BCUT2D eigenvalue weighted by Gasteiger charge is 2.39. The molecule has 3 aliphatic rings. The van der Waals surface area contributed by atoms with Gasteiger partial charge in [0, 0.05) is 24.7 Å². The van der Waals surface area contributed by atoms with Crippen LogP contribution in [0.4, 0.5) is 5.69 Å². The van der Waals surface area contributed by atoms with Crippen LogP contribution < -0.4 is 10.1 Å². The summed E-state index contributed by atoms with van der Waals surface area (Å²) >= 11 is 0. The van der Waals surface area contributed by atoms with Gasteiger partial charge in [-0.15, -0.1) is 0 Å². The molecule has 2 aliphatic heterocycles. The number of methoxy groups -OCH3 is 1. The fraction of sp³-hybridized carbons (Fsp3) is 0.391. The highest BCUT2D eigenvalue weighted by molar-refractivity contribution is 7.89. The number of ether oxygens (including phenoxy) is 2. The molecule has 0 saturated carbocycles. The zero-order valence-corrected chi connectivity index (χ0v) is 17.8. The standard InChI is InChI=1S/C23H26N2O4S/c1-28-17-5-2-4-16(14-17)23-20-7-3-6-19(20)21-15-18(8-9-22(21)24-23)30(26,27)25-10-12-29-13-11-25/h2-6,8-9,14-15,19-20,23-24H,7,10-13H2,1H3. The van der Waals surface area contributed by atoms with E-state index in [-0.39, 0.29) is 12.0 Å². The minimum Gasteiger partial charge on any atom is -0.497 e. The van der Waals surface area contributed by atoms with E-state index in [0.29, 0.717) is 37.1 Å².